The van der Waals surface area contributed by atoms with E-state index in [0.717, 1.165) is 49.4 Å². The standard InChI is InChI=1S/C38H45FN6O4/c1-5-45(26(2)3)38(46)30-21-28(39)11-12-33(30)49-35-22-40-25-42-37(35)43-18-14-29(15-19-43)48-34-13-17-41-31-16-20-44(32(24-47-4)36(31)34)23-27-9-7-6-8-10-27/h6-13,17,21-22,25-26,29,32H,5,14-16,18-20,23-24H2,1-4H3. The molecule has 6 rings (SSSR count). The van der Waals surface area contributed by atoms with Crippen molar-refractivity contribution in [1.82, 2.24) is 24.8 Å². The molecule has 1 atom stereocenters. The summed E-state index contributed by atoms with van der Waals surface area (Å²) in [5, 5.41) is 0. The van der Waals surface area contributed by atoms with E-state index in [4.69, 9.17) is 19.2 Å². The molecule has 2 aliphatic heterocycles. The number of anilines is 1. The lowest BCUT2D eigenvalue weighted by molar-refractivity contribution is 0.0713. The van der Waals surface area contributed by atoms with Crippen molar-refractivity contribution >= 4 is 11.7 Å². The molecule has 2 aromatic carbocycles. The summed E-state index contributed by atoms with van der Waals surface area (Å²) in [5.41, 5.74) is 3.61. The van der Waals surface area contributed by atoms with Gasteiger partial charge in [-0.3, -0.25) is 14.7 Å². The van der Waals surface area contributed by atoms with E-state index >= 15 is 0 Å². The highest BCUT2D eigenvalue weighted by molar-refractivity contribution is 5.97. The van der Waals surface area contributed by atoms with Crippen molar-refractivity contribution in [3.8, 4) is 17.2 Å². The molecule has 258 valence electrons. The zero-order chi connectivity index (χ0) is 34.3. The molecule has 1 amide bonds. The van der Waals surface area contributed by atoms with Gasteiger partial charge in [0.2, 0.25) is 0 Å². The fourth-order valence-electron chi connectivity index (χ4n) is 6.86. The molecule has 0 spiro atoms. The summed E-state index contributed by atoms with van der Waals surface area (Å²) < 4.78 is 33.1. The fraction of sp³-hybridized carbons (Fsp3) is 0.421. The number of amides is 1. The number of carbonyl (C=O) groups is 1. The highest BCUT2D eigenvalue weighted by Crippen LogP contribution is 2.39. The summed E-state index contributed by atoms with van der Waals surface area (Å²) in [4.78, 5) is 33.2. The maximum absolute atomic E-state index is 14.4. The van der Waals surface area contributed by atoms with Crippen molar-refractivity contribution in [3.63, 3.8) is 0 Å². The number of nitrogens with zero attached hydrogens (tertiary/aromatic N) is 6. The Kier molecular flexibility index (Phi) is 11.0. The van der Waals surface area contributed by atoms with E-state index in [1.165, 1.54) is 30.1 Å². The van der Waals surface area contributed by atoms with Gasteiger partial charge in [0.1, 0.15) is 29.7 Å². The van der Waals surface area contributed by atoms with E-state index in [1.807, 2.05) is 39.1 Å². The second kappa shape index (κ2) is 15.7. The number of piperidine rings is 1. The molecule has 4 heterocycles. The normalized spacial score (nSPS) is 16.8. The Morgan fingerprint density at radius 2 is 1.82 bits per heavy atom. The Morgan fingerprint density at radius 1 is 1.02 bits per heavy atom. The molecule has 10 nitrogen and oxygen atoms in total. The first-order chi connectivity index (χ1) is 23.9. The van der Waals surface area contributed by atoms with Crippen molar-refractivity contribution < 1.29 is 23.4 Å². The fourth-order valence-corrected chi connectivity index (χ4v) is 6.86. The van der Waals surface area contributed by atoms with E-state index in [9.17, 15) is 9.18 Å². The summed E-state index contributed by atoms with van der Waals surface area (Å²) in [6.45, 7) is 9.88. The first kappa shape index (κ1) is 34.3. The lowest BCUT2D eigenvalue weighted by atomic mass is 9.95. The first-order valence-corrected chi connectivity index (χ1v) is 17.1. The van der Waals surface area contributed by atoms with Crippen LogP contribution in [0, 0.1) is 5.82 Å². The van der Waals surface area contributed by atoms with Crippen molar-refractivity contribution in [2.45, 2.75) is 64.8 Å². The molecule has 2 aromatic heterocycles. The lowest BCUT2D eigenvalue weighted by Gasteiger charge is -2.38. The van der Waals surface area contributed by atoms with E-state index in [2.05, 4.69) is 44.0 Å². The Labute approximate surface area is 287 Å². The smallest absolute Gasteiger partial charge is 0.257 e. The molecule has 0 aliphatic carbocycles. The van der Waals surface area contributed by atoms with Crippen LogP contribution in [0.4, 0.5) is 10.2 Å². The third kappa shape index (κ3) is 7.84. The topological polar surface area (TPSA) is 93.2 Å². The summed E-state index contributed by atoms with van der Waals surface area (Å²) in [5.74, 6) is 1.34. The number of rotatable bonds is 12. The monoisotopic (exact) mass is 668 g/mol. The van der Waals surface area contributed by atoms with Gasteiger partial charge in [0.05, 0.1) is 30.1 Å². The van der Waals surface area contributed by atoms with Gasteiger partial charge in [-0.1, -0.05) is 30.3 Å². The molecule has 0 N–H and O–H groups in total. The van der Waals surface area contributed by atoms with Crippen molar-refractivity contribution in [2.75, 3.05) is 44.8 Å². The second-order valence-electron chi connectivity index (χ2n) is 12.8. The Bertz CT molecular complexity index is 1720. The molecule has 1 saturated heterocycles. The van der Waals surface area contributed by atoms with E-state index in [1.54, 1.807) is 18.2 Å². The van der Waals surface area contributed by atoms with Crippen LogP contribution in [-0.4, -0.2) is 82.7 Å². The van der Waals surface area contributed by atoms with Gasteiger partial charge in [0.15, 0.2) is 11.6 Å². The van der Waals surface area contributed by atoms with Crippen LogP contribution in [0.3, 0.4) is 0 Å². The summed E-state index contributed by atoms with van der Waals surface area (Å²) in [7, 11) is 1.74. The van der Waals surface area contributed by atoms with Gasteiger partial charge in [-0.15, -0.1) is 0 Å². The van der Waals surface area contributed by atoms with Gasteiger partial charge in [0, 0.05) is 76.9 Å². The summed E-state index contributed by atoms with van der Waals surface area (Å²) in [6, 6.07) is 16.5. The zero-order valence-electron chi connectivity index (χ0n) is 28.7. The third-order valence-electron chi connectivity index (χ3n) is 9.31. The molecule has 4 aromatic rings. The predicted octanol–water partition coefficient (Wildman–Crippen LogP) is 6.47. The maximum Gasteiger partial charge on any atom is 0.257 e. The van der Waals surface area contributed by atoms with Gasteiger partial charge in [-0.05, 0) is 50.6 Å². The minimum atomic E-state index is -0.505. The van der Waals surface area contributed by atoms with Crippen LogP contribution in [-0.2, 0) is 17.7 Å². The Morgan fingerprint density at radius 3 is 2.55 bits per heavy atom. The molecule has 0 radical (unpaired) electrons. The number of methoxy groups -OCH3 is 1. The summed E-state index contributed by atoms with van der Waals surface area (Å²) >= 11 is 0. The molecule has 0 bridgehead atoms. The first-order valence-electron chi connectivity index (χ1n) is 17.1. The molecule has 1 unspecified atom stereocenters. The number of halogens is 1. The number of ether oxygens (including phenoxy) is 3. The van der Waals surface area contributed by atoms with Crippen LogP contribution in [0.2, 0.25) is 0 Å². The van der Waals surface area contributed by atoms with Gasteiger partial charge < -0.3 is 24.0 Å². The van der Waals surface area contributed by atoms with Crippen LogP contribution in [0.25, 0.3) is 0 Å². The van der Waals surface area contributed by atoms with E-state index < -0.39 is 5.82 Å². The lowest BCUT2D eigenvalue weighted by Crippen LogP contribution is -2.40. The maximum atomic E-state index is 14.4. The number of aromatic nitrogens is 3. The highest BCUT2D eigenvalue weighted by atomic mass is 19.1. The summed E-state index contributed by atoms with van der Waals surface area (Å²) in [6.07, 6.45) is 7.30. The van der Waals surface area contributed by atoms with Crippen LogP contribution >= 0.6 is 0 Å². The largest absolute Gasteiger partial charge is 0.490 e. The van der Waals surface area contributed by atoms with Crippen LogP contribution in [0.1, 0.15) is 66.8 Å². The molecule has 2 aliphatic rings. The van der Waals surface area contributed by atoms with Crippen molar-refractivity contribution in [1.29, 1.82) is 0 Å². The van der Waals surface area contributed by atoms with Crippen molar-refractivity contribution in [2.24, 2.45) is 0 Å². The van der Waals surface area contributed by atoms with Crippen molar-refractivity contribution in [3.05, 3.63) is 102 Å². The molecule has 1 fully saturated rings. The average Bonchev–Trinajstić information content (AvgIpc) is 3.11. The quantitative estimate of drug-likeness (QED) is 0.169. The van der Waals surface area contributed by atoms with Gasteiger partial charge in [0.25, 0.3) is 5.91 Å². The SMILES string of the molecule is CCN(C(=O)c1cc(F)ccc1Oc1cncnc1N1CCC(Oc2ccnc3c2C(COC)N(Cc2ccccc2)CC3)CC1)C(C)C. The number of benzene rings is 2. The molecule has 0 saturated carbocycles. The molecule has 49 heavy (non-hydrogen) atoms. The minimum absolute atomic E-state index is 0.000895. The number of pyridine rings is 1. The molecular formula is C38H45FN6O4. The van der Waals surface area contributed by atoms with Crippen LogP contribution in [0.5, 0.6) is 17.2 Å². The van der Waals surface area contributed by atoms with E-state index in [-0.39, 0.29) is 35.4 Å². The van der Waals surface area contributed by atoms with Gasteiger partial charge >= 0.3 is 0 Å². The highest BCUT2D eigenvalue weighted by Gasteiger charge is 2.33. The van der Waals surface area contributed by atoms with Gasteiger partial charge in [-0.2, -0.15) is 0 Å². The third-order valence-corrected chi connectivity index (χ3v) is 9.31. The Hall–Kier alpha value is -4.61. The molecule has 11 heteroatoms. The minimum Gasteiger partial charge on any atom is -0.490 e. The number of fused-ring (bicyclic) bond motifs is 1. The van der Waals surface area contributed by atoms with Crippen LogP contribution in [0.15, 0.2) is 73.3 Å². The number of hydrogen-bond donors (Lipinski definition) is 0. The van der Waals surface area contributed by atoms with Gasteiger partial charge in [-0.25, -0.2) is 14.4 Å². The Balaban J connectivity index is 1.16. The number of hydrogen-bond acceptors (Lipinski definition) is 9. The van der Waals surface area contributed by atoms with E-state index in [0.29, 0.717) is 37.8 Å². The predicted molar refractivity (Wildman–Crippen MR) is 186 cm³/mol. The second-order valence-corrected chi connectivity index (χ2v) is 12.8. The number of carbonyl (C=O) groups excluding carboxylic acids is 1. The zero-order valence-corrected chi connectivity index (χ0v) is 28.7. The van der Waals surface area contributed by atoms with Crippen LogP contribution < -0.4 is 14.4 Å². The average molecular weight is 669 g/mol. The molecular weight excluding hydrogens is 623 g/mol.